The molecule has 182 valence electrons. The first-order valence-corrected chi connectivity index (χ1v) is 13.8. The number of halogens is 2. The lowest BCUT2D eigenvalue weighted by Crippen LogP contribution is -2.48. The second-order valence-electron chi connectivity index (χ2n) is 10.7. The van der Waals surface area contributed by atoms with Crippen molar-refractivity contribution in [3.8, 4) is 5.75 Å². The van der Waals surface area contributed by atoms with E-state index in [0.29, 0.717) is 15.0 Å². The van der Waals surface area contributed by atoms with Crippen LogP contribution in [0, 0.1) is 17.8 Å². The molecule has 0 aromatic heterocycles. The molecule has 1 heterocycles. The van der Waals surface area contributed by atoms with E-state index in [1.165, 1.54) is 49.0 Å². The van der Waals surface area contributed by atoms with Gasteiger partial charge in [-0.05, 0) is 115 Å². The van der Waals surface area contributed by atoms with Gasteiger partial charge in [0.2, 0.25) is 0 Å². The third kappa shape index (κ3) is 4.20. The fraction of sp³-hybridized carbons (Fsp3) is 0.429. The monoisotopic (exact) mass is 527 g/mol. The highest BCUT2D eigenvalue weighted by Gasteiger charge is 2.51. The normalized spacial score (nSPS) is 30.5. The van der Waals surface area contributed by atoms with Gasteiger partial charge in [0.15, 0.2) is 0 Å². The maximum absolute atomic E-state index is 13.2. The van der Waals surface area contributed by atoms with Gasteiger partial charge in [-0.15, -0.1) is 0 Å². The van der Waals surface area contributed by atoms with Crippen molar-refractivity contribution in [3.63, 3.8) is 0 Å². The number of nitrogens with zero attached hydrogens (tertiary/aromatic N) is 1. The van der Waals surface area contributed by atoms with E-state index in [1.807, 2.05) is 12.1 Å². The first kappa shape index (κ1) is 23.4. The summed E-state index contributed by atoms with van der Waals surface area (Å²) in [6.07, 6.45) is 9.82. The van der Waals surface area contributed by atoms with Crippen molar-refractivity contribution in [1.29, 1.82) is 0 Å². The average molecular weight is 529 g/mol. The maximum Gasteiger partial charge on any atom is 0.293 e. The number of hydrogen-bond acceptors (Lipinski definition) is 4. The zero-order chi connectivity index (χ0) is 24.3. The van der Waals surface area contributed by atoms with E-state index in [1.54, 1.807) is 25.3 Å². The van der Waals surface area contributed by atoms with Gasteiger partial charge in [0.25, 0.3) is 11.1 Å². The summed E-state index contributed by atoms with van der Waals surface area (Å²) in [7, 11) is 1.65. The predicted octanol–water partition coefficient (Wildman–Crippen LogP) is 7.71. The Morgan fingerprint density at radius 1 is 1.00 bits per heavy atom. The largest absolute Gasteiger partial charge is 0.496 e. The highest BCUT2D eigenvalue weighted by molar-refractivity contribution is 8.18. The molecule has 4 nitrogen and oxygen atoms in total. The third-order valence-corrected chi connectivity index (χ3v) is 10.0. The van der Waals surface area contributed by atoms with Crippen LogP contribution in [0.3, 0.4) is 0 Å². The minimum atomic E-state index is -0.298. The van der Waals surface area contributed by atoms with Crippen molar-refractivity contribution in [2.45, 2.75) is 50.5 Å². The number of imide groups is 1. The molecule has 1 saturated heterocycles. The van der Waals surface area contributed by atoms with Crippen molar-refractivity contribution in [3.05, 3.63) is 68.0 Å². The third-order valence-electron chi connectivity index (χ3n) is 8.37. The molecule has 7 rings (SSSR count). The highest BCUT2D eigenvalue weighted by atomic mass is 35.5. The fourth-order valence-corrected chi connectivity index (χ4v) is 8.39. The number of carbonyl (C=O) groups is 2. The van der Waals surface area contributed by atoms with Crippen LogP contribution in [0.15, 0.2) is 41.3 Å². The minimum absolute atomic E-state index is 0.156. The van der Waals surface area contributed by atoms with Crippen LogP contribution in [0.25, 0.3) is 6.08 Å². The first-order valence-electron chi connectivity index (χ1n) is 12.2. The molecule has 5 aliphatic rings. The van der Waals surface area contributed by atoms with Gasteiger partial charge < -0.3 is 4.74 Å². The Hall–Kier alpha value is -1.95. The Balaban J connectivity index is 1.29. The Kier molecular flexibility index (Phi) is 5.94. The van der Waals surface area contributed by atoms with E-state index in [9.17, 15) is 9.59 Å². The lowest BCUT2D eigenvalue weighted by molar-refractivity contribution is -0.123. The lowest BCUT2D eigenvalue weighted by atomic mass is 9.48. The summed E-state index contributed by atoms with van der Waals surface area (Å²) >= 11 is 13.1. The van der Waals surface area contributed by atoms with Gasteiger partial charge in [0.1, 0.15) is 5.75 Å². The van der Waals surface area contributed by atoms with Crippen LogP contribution >= 0.6 is 35.0 Å². The van der Waals surface area contributed by atoms with E-state index >= 15 is 0 Å². The van der Waals surface area contributed by atoms with Crippen molar-refractivity contribution in [2.24, 2.45) is 17.8 Å². The van der Waals surface area contributed by atoms with Crippen molar-refractivity contribution in [2.75, 3.05) is 7.11 Å². The molecule has 0 radical (unpaired) electrons. The van der Waals surface area contributed by atoms with Gasteiger partial charge in [-0.25, -0.2) is 0 Å². The van der Waals surface area contributed by atoms with Gasteiger partial charge in [-0.2, -0.15) is 0 Å². The SMILES string of the molecule is COc1ccc(C23CC4CC(CC(C4)C2)C3)cc1/C=C1/SC(=O)N(Cc2ccc(Cl)c(Cl)c2)C1=O. The Morgan fingerprint density at radius 2 is 1.69 bits per heavy atom. The van der Waals surface area contributed by atoms with E-state index in [4.69, 9.17) is 27.9 Å². The molecule has 2 aromatic rings. The molecule has 4 aliphatic carbocycles. The predicted molar refractivity (Wildman–Crippen MR) is 141 cm³/mol. The van der Waals surface area contributed by atoms with Gasteiger partial charge in [0.05, 0.1) is 28.6 Å². The zero-order valence-corrected chi connectivity index (χ0v) is 21.9. The summed E-state index contributed by atoms with van der Waals surface area (Å²) in [5, 5.41) is 0.553. The van der Waals surface area contributed by atoms with Gasteiger partial charge in [-0.3, -0.25) is 14.5 Å². The average Bonchev–Trinajstić information content (AvgIpc) is 3.08. The van der Waals surface area contributed by atoms with Gasteiger partial charge in [0, 0.05) is 5.56 Å². The molecule has 0 atom stereocenters. The number of methoxy groups -OCH3 is 1. The molecule has 4 bridgehead atoms. The molecular formula is C28H27Cl2NO3S. The molecule has 35 heavy (non-hydrogen) atoms. The number of rotatable bonds is 5. The summed E-state index contributed by atoms with van der Waals surface area (Å²) in [6.45, 7) is 0.156. The quantitative estimate of drug-likeness (QED) is 0.373. The first-order chi connectivity index (χ1) is 16.8. The number of ether oxygens (including phenoxy) is 1. The van der Waals surface area contributed by atoms with Gasteiger partial charge in [-0.1, -0.05) is 35.3 Å². The molecule has 7 heteroatoms. The van der Waals surface area contributed by atoms with Crippen LogP contribution < -0.4 is 4.74 Å². The molecule has 2 aromatic carbocycles. The second kappa shape index (κ2) is 8.86. The topological polar surface area (TPSA) is 46.6 Å². The Bertz CT molecular complexity index is 1220. The number of hydrogen-bond donors (Lipinski definition) is 0. The Morgan fingerprint density at radius 3 is 2.31 bits per heavy atom. The van der Waals surface area contributed by atoms with Crippen LogP contribution in [-0.2, 0) is 16.8 Å². The van der Waals surface area contributed by atoms with Crippen molar-refractivity contribution < 1.29 is 14.3 Å². The molecule has 1 aliphatic heterocycles. The van der Waals surface area contributed by atoms with E-state index < -0.39 is 0 Å². The van der Waals surface area contributed by atoms with E-state index in [0.717, 1.165) is 46.4 Å². The number of thioether (sulfide) groups is 1. The summed E-state index contributed by atoms with van der Waals surface area (Å²) in [6, 6.07) is 11.6. The molecular weight excluding hydrogens is 501 g/mol. The number of carbonyl (C=O) groups excluding carboxylic acids is 2. The number of benzene rings is 2. The molecule has 4 saturated carbocycles. The van der Waals surface area contributed by atoms with Crippen molar-refractivity contribution in [1.82, 2.24) is 4.90 Å². The lowest BCUT2D eigenvalue weighted by Gasteiger charge is -2.57. The second-order valence-corrected chi connectivity index (χ2v) is 12.5. The van der Waals surface area contributed by atoms with Crippen LogP contribution in [0.1, 0.15) is 55.2 Å². The Labute approximate surface area is 220 Å². The number of amides is 2. The standard InChI is InChI=1S/C28H27Cl2NO3S/c1-34-24-5-3-21(28-12-17-6-18(13-28)8-19(7-17)14-28)10-20(24)11-25-26(32)31(27(33)35-25)15-16-2-4-22(29)23(30)9-16/h2-5,9-11,17-19H,6-8,12-15H2,1H3/b25-11+. The van der Waals surface area contributed by atoms with E-state index in [-0.39, 0.29) is 23.1 Å². The van der Waals surface area contributed by atoms with Crippen LogP contribution in [-0.4, -0.2) is 23.2 Å². The molecule has 0 N–H and O–H groups in total. The molecule has 0 spiro atoms. The van der Waals surface area contributed by atoms with Gasteiger partial charge >= 0.3 is 0 Å². The summed E-state index contributed by atoms with van der Waals surface area (Å²) < 4.78 is 5.65. The van der Waals surface area contributed by atoms with Crippen LogP contribution in [0.5, 0.6) is 5.75 Å². The molecule has 0 unspecified atom stereocenters. The minimum Gasteiger partial charge on any atom is -0.496 e. The zero-order valence-electron chi connectivity index (χ0n) is 19.6. The van der Waals surface area contributed by atoms with Crippen molar-refractivity contribution >= 4 is 52.2 Å². The summed E-state index contributed by atoms with van der Waals surface area (Å²) in [5.74, 6) is 2.97. The van der Waals surface area contributed by atoms with E-state index in [2.05, 4.69) is 12.1 Å². The summed E-state index contributed by atoms with van der Waals surface area (Å²) in [4.78, 5) is 27.6. The summed E-state index contributed by atoms with van der Waals surface area (Å²) in [5.41, 5.74) is 3.22. The van der Waals surface area contributed by atoms with Crippen LogP contribution in [0.4, 0.5) is 4.79 Å². The fourth-order valence-electron chi connectivity index (χ4n) is 7.24. The molecule has 5 fully saturated rings. The maximum atomic E-state index is 13.2. The highest BCUT2D eigenvalue weighted by Crippen LogP contribution is 2.61. The molecule has 2 amide bonds. The van der Waals surface area contributed by atoms with Crippen LogP contribution in [0.2, 0.25) is 10.0 Å². The smallest absolute Gasteiger partial charge is 0.293 e.